The average Bonchev–Trinajstić information content (AvgIpc) is 2.07. The third-order valence-electron chi connectivity index (χ3n) is 1.68. The molecule has 0 unspecified atom stereocenters. The standard InChI is InChI=1S/C8H8F4N2/c9-7-5(4-14-13)2-1-3-6(7)8(10,11)12/h1-3,14H,4,13H2. The Morgan fingerprint density at radius 1 is 1.29 bits per heavy atom. The minimum atomic E-state index is -4.67. The summed E-state index contributed by atoms with van der Waals surface area (Å²) >= 11 is 0. The van der Waals surface area contributed by atoms with Crippen molar-refractivity contribution in [3.8, 4) is 0 Å². The van der Waals surface area contributed by atoms with Crippen LogP contribution in [0.25, 0.3) is 0 Å². The molecule has 0 amide bonds. The molecule has 1 rings (SSSR count). The summed E-state index contributed by atoms with van der Waals surface area (Å²) in [6.07, 6.45) is -4.67. The quantitative estimate of drug-likeness (QED) is 0.442. The van der Waals surface area contributed by atoms with E-state index in [1.807, 2.05) is 0 Å². The van der Waals surface area contributed by atoms with Gasteiger partial charge in [0.15, 0.2) is 0 Å². The molecule has 0 spiro atoms. The van der Waals surface area contributed by atoms with E-state index in [-0.39, 0.29) is 12.1 Å². The van der Waals surface area contributed by atoms with Crippen LogP contribution in [-0.4, -0.2) is 0 Å². The Balaban J connectivity index is 3.14. The highest BCUT2D eigenvalue weighted by Crippen LogP contribution is 2.32. The van der Waals surface area contributed by atoms with E-state index < -0.39 is 17.6 Å². The number of rotatable bonds is 2. The summed E-state index contributed by atoms with van der Waals surface area (Å²) in [4.78, 5) is 0. The van der Waals surface area contributed by atoms with Gasteiger partial charge in [0.1, 0.15) is 5.82 Å². The Kier molecular flexibility index (Phi) is 3.07. The zero-order chi connectivity index (χ0) is 10.8. The van der Waals surface area contributed by atoms with Crippen molar-refractivity contribution in [2.24, 2.45) is 5.84 Å². The smallest absolute Gasteiger partial charge is 0.271 e. The maximum atomic E-state index is 13.1. The number of nitrogens with one attached hydrogen (secondary N) is 1. The van der Waals surface area contributed by atoms with Crippen LogP contribution in [0, 0.1) is 5.82 Å². The Labute approximate surface area is 77.7 Å². The van der Waals surface area contributed by atoms with Gasteiger partial charge >= 0.3 is 6.18 Å². The van der Waals surface area contributed by atoms with Gasteiger partial charge in [0.05, 0.1) is 5.56 Å². The van der Waals surface area contributed by atoms with Crippen LogP contribution in [0.5, 0.6) is 0 Å². The van der Waals surface area contributed by atoms with Gasteiger partial charge in [0, 0.05) is 12.1 Å². The first-order chi connectivity index (χ1) is 6.46. The Morgan fingerprint density at radius 3 is 2.43 bits per heavy atom. The van der Waals surface area contributed by atoms with Gasteiger partial charge in [-0.1, -0.05) is 12.1 Å². The molecule has 0 aliphatic rings. The second-order valence-electron chi connectivity index (χ2n) is 2.66. The maximum absolute atomic E-state index is 13.1. The average molecular weight is 208 g/mol. The second kappa shape index (κ2) is 3.93. The van der Waals surface area contributed by atoms with Gasteiger partial charge in [0.25, 0.3) is 0 Å². The SMILES string of the molecule is NNCc1cccc(C(F)(F)F)c1F. The van der Waals surface area contributed by atoms with Crippen molar-refractivity contribution in [1.29, 1.82) is 0 Å². The lowest BCUT2D eigenvalue weighted by Crippen LogP contribution is -2.22. The van der Waals surface area contributed by atoms with Gasteiger partial charge in [-0.2, -0.15) is 13.2 Å². The molecule has 0 radical (unpaired) electrons. The molecule has 6 heteroatoms. The van der Waals surface area contributed by atoms with Crippen LogP contribution in [0.15, 0.2) is 18.2 Å². The van der Waals surface area contributed by atoms with Gasteiger partial charge in [-0.25, -0.2) is 4.39 Å². The summed E-state index contributed by atoms with van der Waals surface area (Å²) in [7, 11) is 0. The molecule has 3 N–H and O–H groups in total. The first-order valence-electron chi connectivity index (χ1n) is 3.75. The van der Waals surface area contributed by atoms with E-state index in [4.69, 9.17) is 5.84 Å². The van der Waals surface area contributed by atoms with Crippen molar-refractivity contribution < 1.29 is 17.6 Å². The molecular formula is C8H8F4N2. The van der Waals surface area contributed by atoms with E-state index in [0.717, 1.165) is 6.07 Å². The van der Waals surface area contributed by atoms with E-state index in [1.54, 1.807) is 0 Å². The van der Waals surface area contributed by atoms with Crippen LogP contribution < -0.4 is 11.3 Å². The summed E-state index contributed by atoms with van der Waals surface area (Å²) in [5.41, 5.74) is 0.714. The maximum Gasteiger partial charge on any atom is 0.419 e. The number of hydrogen-bond donors (Lipinski definition) is 2. The predicted octanol–water partition coefficient (Wildman–Crippen LogP) is 1.81. The van der Waals surface area contributed by atoms with Crippen molar-refractivity contribution in [3.63, 3.8) is 0 Å². The Morgan fingerprint density at radius 2 is 1.93 bits per heavy atom. The number of hydrazine groups is 1. The fourth-order valence-electron chi connectivity index (χ4n) is 1.05. The molecule has 78 valence electrons. The Bertz CT molecular complexity index is 322. The van der Waals surface area contributed by atoms with Crippen molar-refractivity contribution in [2.45, 2.75) is 12.7 Å². The lowest BCUT2D eigenvalue weighted by atomic mass is 10.1. The molecule has 1 aromatic carbocycles. The van der Waals surface area contributed by atoms with Crippen molar-refractivity contribution in [1.82, 2.24) is 5.43 Å². The summed E-state index contributed by atoms with van der Waals surface area (Å²) in [6.45, 7) is -0.143. The summed E-state index contributed by atoms with van der Waals surface area (Å²) < 4.78 is 49.7. The molecule has 0 aliphatic heterocycles. The van der Waals surface area contributed by atoms with E-state index >= 15 is 0 Å². The molecule has 0 saturated heterocycles. The summed E-state index contributed by atoms with van der Waals surface area (Å²) in [6, 6.07) is 3.07. The molecule has 0 heterocycles. The van der Waals surface area contributed by atoms with Crippen molar-refractivity contribution in [2.75, 3.05) is 0 Å². The molecule has 0 atom stereocenters. The molecule has 0 aliphatic carbocycles. The minimum absolute atomic E-state index is 0.109. The topological polar surface area (TPSA) is 38.0 Å². The third kappa shape index (κ3) is 2.21. The van der Waals surface area contributed by atoms with Gasteiger partial charge in [-0.15, -0.1) is 0 Å². The highest BCUT2D eigenvalue weighted by Gasteiger charge is 2.34. The van der Waals surface area contributed by atoms with Crippen LogP contribution in [0.3, 0.4) is 0 Å². The zero-order valence-corrected chi connectivity index (χ0v) is 7.03. The molecule has 0 saturated carbocycles. The van der Waals surface area contributed by atoms with Crippen LogP contribution in [0.2, 0.25) is 0 Å². The first kappa shape index (κ1) is 10.9. The number of benzene rings is 1. The minimum Gasteiger partial charge on any atom is -0.271 e. The van der Waals surface area contributed by atoms with Crippen LogP contribution in [0.1, 0.15) is 11.1 Å². The summed E-state index contributed by atoms with van der Waals surface area (Å²) in [5.74, 6) is 3.61. The molecular weight excluding hydrogens is 200 g/mol. The second-order valence-corrected chi connectivity index (χ2v) is 2.66. The highest BCUT2D eigenvalue weighted by atomic mass is 19.4. The highest BCUT2D eigenvalue weighted by molar-refractivity contribution is 5.27. The predicted molar refractivity (Wildman–Crippen MR) is 42.4 cm³/mol. The van der Waals surface area contributed by atoms with Crippen LogP contribution in [0.4, 0.5) is 17.6 Å². The van der Waals surface area contributed by atoms with Gasteiger partial charge < -0.3 is 0 Å². The van der Waals surface area contributed by atoms with Gasteiger partial charge in [-0.3, -0.25) is 11.3 Å². The monoisotopic (exact) mass is 208 g/mol. The molecule has 1 aromatic rings. The number of hydrogen-bond acceptors (Lipinski definition) is 2. The third-order valence-corrected chi connectivity index (χ3v) is 1.68. The van der Waals surface area contributed by atoms with Crippen LogP contribution in [-0.2, 0) is 12.7 Å². The fourth-order valence-corrected chi connectivity index (χ4v) is 1.05. The van der Waals surface area contributed by atoms with E-state index in [0.29, 0.717) is 6.07 Å². The zero-order valence-electron chi connectivity index (χ0n) is 7.03. The lowest BCUT2D eigenvalue weighted by molar-refractivity contribution is -0.140. The normalized spacial score (nSPS) is 11.8. The molecule has 2 nitrogen and oxygen atoms in total. The van der Waals surface area contributed by atoms with E-state index in [1.165, 1.54) is 6.07 Å². The molecule has 0 aromatic heterocycles. The number of alkyl halides is 3. The lowest BCUT2D eigenvalue weighted by Gasteiger charge is -2.10. The first-order valence-corrected chi connectivity index (χ1v) is 3.75. The van der Waals surface area contributed by atoms with Crippen molar-refractivity contribution >= 4 is 0 Å². The Hall–Kier alpha value is -1.14. The van der Waals surface area contributed by atoms with E-state index in [9.17, 15) is 17.6 Å². The molecule has 0 bridgehead atoms. The van der Waals surface area contributed by atoms with Gasteiger partial charge in [0.2, 0.25) is 0 Å². The number of halogens is 4. The largest absolute Gasteiger partial charge is 0.419 e. The molecule has 0 fully saturated rings. The van der Waals surface area contributed by atoms with Crippen LogP contribution >= 0.6 is 0 Å². The van der Waals surface area contributed by atoms with Crippen molar-refractivity contribution in [3.05, 3.63) is 35.1 Å². The fraction of sp³-hybridized carbons (Fsp3) is 0.250. The van der Waals surface area contributed by atoms with Gasteiger partial charge in [-0.05, 0) is 6.07 Å². The van der Waals surface area contributed by atoms with E-state index in [2.05, 4.69) is 5.43 Å². The molecule has 14 heavy (non-hydrogen) atoms. The summed E-state index contributed by atoms with van der Waals surface area (Å²) in [5, 5.41) is 0. The number of nitrogens with two attached hydrogens (primary N) is 1.